The molecule has 0 saturated carbocycles. The quantitative estimate of drug-likeness (QED) is 0.685. The van der Waals surface area contributed by atoms with E-state index >= 15 is 0 Å². The Bertz CT molecular complexity index is 309. The molecular formula is C8H10NO3+. The van der Waals surface area contributed by atoms with Crippen molar-refractivity contribution in [3.05, 3.63) is 28.7 Å². The lowest BCUT2D eigenvalue weighted by atomic mass is 10.2. The minimum Gasteiger partial charge on any atom is -0.490 e. The maximum Gasteiger partial charge on any atom is 0.357 e. The highest BCUT2D eigenvalue weighted by molar-refractivity contribution is 5.47. The molecule has 1 rings (SSSR count). The molecule has 0 heterocycles. The normalized spacial score (nSPS) is 9.50. The molecule has 1 aromatic carbocycles. The average Bonchev–Trinajstić information content (AvgIpc) is 2.03. The van der Waals surface area contributed by atoms with Crippen LogP contribution in [0.25, 0.3) is 0 Å². The molecule has 0 aromatic heterocycles. The first-order valence-electron chi connectivity index (χ1n) is 3.46. The molecule has 0 fully saturated rings. The van der Waals surface area contributed by atoms with Gasteiger partial charge in [0.05, 0.1) is 12.0 Å². The van der Waals surface area contributed by atoms with Gasteiger partial charge in [0.25, 0.3) is 4.92 Å². The van der Waals surface area contributed by atoms with Gasteiger partial charge >= 0.3 is 5.69 Å². The standard InChI is InChI=1S/C8H10NO3/c1-6-3-4-7(9(10)11)8(5-6)12-2/h3-5H,1-2H3,(H,10,11)/q+1. The van der Waals surface area contributed by atoms with Gasteiger partial charge in [-0.3, -0.25) is 0 Å². The Hall–Kier alpha value is -1.58. The van der Waals surface area contributed by atoms with Crippen LogP contribution in [0.15, 0.2) is 18.2 Å². The summed E-state index contributed by atoms with van der Waals surface area (Å²) in [5, 5.41) is 8.62. The number of nitrogens with zero attached hydrogens (tertiary/aromatic N) is 1. The van der Waals surface area contributed by atoms with Gasteiger partial charge in [-0.25, -0.2) is 5.21 Å². The maximum absolute atomic E-state index is 10.5. The van der Waals surface area contributed by atoms with E-state index in [1.807, 2.05) is 6.92 Å². The molecule has 0 unspecified atom stereocenters. The van der Waals surface area contributed by atoms with Crippen molar-refractivity contribution in [2.75, 3.05) is 7.11 Å². The monoisotopic (exact) mass is 168 g/mol. The number of methoxy groups -OCH3 is 1. The molecule has 0 aliphatic heterocycles. The van der Waals surface area contributed by atoms with Crippen molar-refractivity contribution >= 4 is 5.69 Å². The Balaban J connectivity index is 3.20. The number of aryl methyl sites for hydroxylation is 1. The lowest BCUT2D eigenvalue weighted by Gasteiger charge is -1.98. The van der Waals surface area contributed by atoms with Gasteiger partial charge in [-0.1, -0.05) is 6.07 Å². The summed E-state index contributed by atoms with van der Waals surface area (Å²) in [4.78, 5) is 10.3. The van der Waals surface area contributed by atoms with Gasteiger partial charge in [0.1, 0.15) is 0 Å². The van der Waals surface area contributed by atoms with Crippen molar-refractivity contribution < 1.29 is 14.9 Å². The summed E-state index contributed by atoms with van der Waals surface area (Å²) < 4.78 is 4.89. The van der Waals surface area contributed by atoms with Crippen molar-refractivity contribution in [3.63, 3.8) is 0 Å². The van der Waals surface area contributed by atoms with Crippen LogP contribution in [0.1, 0.15) is 5.56 Å². The number of ether oxygens (including phenoxy) is 1. The van der Waals surface area contributed by atoms with Crippen LogP contribution in [0.4, 0.5) is 5.69 Å². The zero-order valence-corrected chi connectivity index (χ0v) is 6.94. The number of rotatable bonds is 2. The summed E-state index contributed by atoms with van der Waals surface area (Å²) in [5.74, 6) is 0.368. The zero-order valence-electron chi connectivity index (χ0n) is 6.94. The predicted molar refractivity (Wildman–Crippen MR) is 42.8 cm³/mol. The third kappa shape index (κ3) is 1.53. The first kappa shape index (κ1) is 8.52. The minimum atomic E-state index is -0.210. The van der Waals surface area contributed by atoms with Gasteiger partial charge in [-0.2, -0.15) is 0 Å². The van der Waals surface area contributed by atoms with Gasteiger partial charge in [0, 0.05) is 6.07 Å². The smallest absolute Gasteiger partial charge is 0.357 e. The molecule has 0 atom stereocenters. The molecule has 64 valence electrons. The first-order chi connectivity index (χ1) is 5.65. The molecule has 0 saturated heterocycles. The molecule has 0 amide bonds. The largest absolute Gasteiger partial charge is 0.490 e. The topological polar surface area (TPSA) is 49.5 Å². The van der Waals surface area contributed by atoms with Crippen LogP contribution in [0.2, 0.25) is 0 Å². The maximum atomic E-state index is 10.5. The molecule has 0 aliphatic carbocycles. The highest BCUT2D eigenvalue weighted by Crippen LogP contribution is 2.26. The summed E-state index contributed by atoms with van der Waals surface area (Å²) >= 11 is 0. The van der Waals surface area contributed by atoms with Gasteiger partial charge < -0.3 is 4.74 Å². The molecule has 0 spiro atoms. The number of hydrogen-bond acceptors (Lipinski definition) is 2. The summed E-state index contributed by atoms with van der Waals surface area (Å²) in [7, 11) is 1.45. The summed E-state index contributed by atoms with van der Waals surface area (Å²) in [6.45, 7) is 1.87. The first-order valence-corrected chi connectivity index (χ1v) is 3.46. The van der Waals surface area contributed by atoms with E-state index in [2.05, 4.69) is 0 Å². The molecule has 0 bridgehead atoms. The van der Waals surface area contributed by atoms with Crippen LogP contribution in [0.3, 0.4) is 0 Å². The average molecular weight is 168 g/mol. The van der Waals surface area contributed by atoms with Crippen LogP contribution in [0, 0.1) is 11.8 Å². The Morgan fingerprint density at radius 1 is 1.50 bits per heavy atom. The van der Waals surface area contributed by atoms with Gasteiger partial charge in [-0.05, 0) is 18.6 Å². The molecular weight excluding hydrogens is 158 g/mol. The third-order valence-electron chi connectivity index (χ3n) is 1.54. The lowest BCUT2D eigenvalue weighted by molar-refractivity contribution is -0.730. The summed E-state index contributed by atoms with van der Waals surface area (Å²) in [5.41, 5.74) is 1.08. The highest BCUT2D eigenvalue weighted by atomic mass is 16.6. The third-order valence-corrected chi connectivity index (χ3v) is 1.54. The Kier molecular flexibility index (Phi) is 2.28. The van der Waals surface area contributed by atoms with Crippen LogP contribution in [-0.2, 0) is 0 Å². The Labute approximate surface area is 69.9 Å². The second kappa shape index (κ2) is 3.21. The van der Waals surface area contributed by atoms with Crippen molar-refractivity contribution in [3.8, 4) is 5.75 Å². The van der Waals surface area contributed by atoms with Crippen LogP contribution in [0.5, 0.6) is 5.75 Å². The molecule has 4 heteroatoms. The van der Waals surface area contributed by atoms with Crippen LogP contribution >= 0.6 is 0 Å². The SMILES string of the molecule is COc1cc(C)ccc1[N+](=O)O. The van der Waals surface area contributed by atoms with Crippen molar-refractivity contribution in [2.24, 2.45) is 0 Å². The van der Waals surface area contributed by atoms with E-state index in [9.17, 15) is 4.91 Å². The van der Waals surface area contributed by atoms with E-state index in [0.717, 1.165) is 5.56 Å². The van der Waals surface area contributed by atoms with Gasteiger partial charge in [0.15, 0.2) is 0 Å². The number of benzene rings is 1. The van der Waals surface area contributed by atoms with Crippen molar-refractivity contribution in [2.45, 2.75) is 6.92 Å². The Morgan fingerprint density at radius 3 is 2.67 bits per heavy atom. The van der Waals surface area contributed by atoms with Gasteiger partial charge in [0.2, 0.25) is 5.75 Å². The predicted octanol–water partition coefficient (Wildman–Crippen LogP) is 1.80. The van der Waals surface area contributed by atoms with Crippen LogP contribution < -0.4 is 4.74 Å². The zero-order chi connectivity index (χ0) is 9.14. The number of hydrogen-bond donors (Lipinski definition) is 1. The van der Waals surface area contributed by atoms with Gasteiger partial charge in [-0.15, -0.1) is 0 Å². The van der Waals surface area contributed by atoms with E-state index in [0.29, 0.717) is 5.75 Å². The lowest BCUT2D eigenvalue weighted by Crippen LogP contribution is -1.96. The van der Waals surface area contributed by atoms with Crippen molar-refractivity contribution in [1.82, 2.24) is 0 Å². The fraction of sp³-hybridized carbons (Fsp3) is 0.250. The fourth-order valence-corrected chi connectivity index (χ4v) is 0.943. The second-order valence-electron chi connectivity index (χ2n) is 2.45. The molecule has 12 heavy (non-hydrogen) atoms. The van der Waals surface area contributed by atoms with Crippen LogP contribution in [-0.4, -0.2) is 17.2 Å². The van der Waals surface area contributed by atoms with E-state index in [1.165, 1.54) is 13.2 Å². The second-order valence-corrected chi connectivity index (χ2v) is 2.45. The minimum absolute atomic E-state index is 0.114. The molecule has 4 nitrogen and oxygen atoms in total. The van der Waals surface area contributed by atoms with Crippen molar-refractivity contribution in [1.29, 1.82) is 0 Å². The highest BCUT2D eigenvalue weighted by Gasteiger charge is 2.18. The van der Waals surface area contributed by atoms with E-state index in [4.69, 9.17) is 9.94 Å². The fourth-order valence-electron chi connectivity index (χ4n) is 0.943. The van der Waals surface area contributed by atoms with E-state index in [1.54, 1.807) is 12.1 Å². The summed E-state index contributed by atoms with van der Waals surface area (Å²) in [6.07, 6.45) is 0. The molecule has 1 N–H and O–H groups in total. The molecule has 0 radical (unpaired) electrons. The van der Waals surface area contributed by atoms with E-state index in [-0.39, 0.29) is 10.6 Å². The Morgan fingerprint density at radius 2 is 2.17 bits per heavy atom. The molecule has 1 aromatic rings. The molecule has 0 aliphatic rings. The van der Waals surface area contributed by atoms with E-state index < -0.39 is 0 Å². The summed E-state index contributed by atoms with van der Waals surface area (Å²) in [6, 6.07) is 4.90.